The average molecular weight is 253 g/mol. The number of hydrogen-bond acceptors (Lipinski definition) is 3. The van der Waals surface area contributed by atoms with Crippen LogP contribution < -0.4 is 11.3 Å². The van der Waals surface area contributed by atoms with Crippen molar-refractivity contribution < 1.29 is 9.18 Å². The Bertz CT molecular complexity index is 409. The van der Waals surface area contributed by atoms with Gasteiger partial charge >= 0.3 is 0 Å². The molecule has 1 rings (SSSR count). The van der Waals surface area contributed by atoms with E-state index in [1.165, 1.54) is 6.07 Å². The summed E-state index contributed by atoms with van der Waals surface area (Å²) in [5.74, 6) is 4.74. The quantitative estimate of drug-likeness (QED) is 0.472. The van der Waals surface area contributed by atoms with Crippen LogP contribution >= 0.6 is 0 Å². The molecule has 0 fully saturated rings. The number of likely N-dealkylation sites (N-methyl/N-ethyl adjacent to an activating group) is 1. The Kier molecular flexibility index (Phi) is 5.25. The van der Waals surface area contributed by atoms with E-state index in [-0.39, 0.29) is 23.7 Å². The van der Waals surface area contributed by atoms with Gasteiger partial charge in [-0.15, -0.1) is 0 Å². The summed E-state index contributed by atoms with van der Waals surface area (Å²) in [5, 5.41) is 0. The van der Waals surface area contributed by atoms with E-state index < -0.39 is 0 Å². The molecule has 1 unspecified atom stereocenters. The van der Waals surface area contributed by atoms with Gasteiger partial charge in [0.25, 0.3) is 5.91 Å². The predicted octanol–water partition coefficient (Wildman–Crippen LogP) is 1.27. The Morgan fingerprint density at radius 2 is 2.06 bits per heavy atom. The lowest BCUT2D eigenvalue weighted by Gasteiger charge is -2.29. The molecule has 1 aromatic rings. The number of halogens is 1. The number of carbonyl (C=O) groups excluding carboxylic acids is 1. The van der Waals surface area contributed by atoms with Crippen molar-refractivity contribution in [3.8, 4) is 0 Å². The molecule has 1 aromatic carbocycles. The summed E-state index contributed by atoms with van der Waals surface area (Å²) < 4.78 is 13.5. The first-order valence-electron chi connectivity index (χ1n) is 5.91. The number of rotatable bonds is 5. The first-order chi connectivity index (χ1) is 8.47. The van der Waals surface area contributed by atoms with Gasteiger partial charge in [-0.05, 0) is 19.0 Å². The van der Waals surface area contributed by atoms with Gasteiger partial charge < -0.3 is 0 Å². The van der Waals surface area contributed by atoms with Crippen molar-refractivity contribution in [2.75, 3.05) is 7.05 Å². The van der Waals surface area contributed by atoms with Crippen LogP contribution in [0.25, 0.3) is 0 Å². The van der Waals surface area contributed by atoms with Crippen LogP contribution in [0.3, 0.4) is 0 Å². The van der Waals surface area contributed by atoms with Crippen LogP contribution in [-0.4, -0.2) is 23.9 Å². The first-order valence-corrected chi connectivity index (χ1v) is 5.91. The van der Waals surface area contributed by atoms with Crippen molar-refractivity contribution in [1.82, 2.24) is 10.3 Å². The van der Waals surface area contributed by atoms with E-state index in [1.807, 2.05) is 13.8 Å². The second-order valence-electron chi connectivity index (χ2n) is 4.70. The summed E-state index contributed by atoms with van der Waals surface area (Å²) in [7, 11) is 1.78. The lowest BCUT2D eigenvalue weighted by molar-refractivity contribution is -0.127. The van der Waals surface area contributed by atoms with Crippen molar-refractivity contribution in [2.45, 2.75) is 26.4 Å². The highest BCUT2D eigenvalue weighted by Crippen LogP contribution is 2.15. The van der Waals surface area contributed by atoms with Crippen LogP contribution in [0.4, 0.5) is 4.39 Å². The topological polar surface area (TPSA) is 58.4 Å². The molecule has 0 aliphatic rings. The number of carbonyl (C=O) groups is 1. The smallest absolute Gasteiger partial charge is 0.251 e. The third-order valence-corrected chi connectivity index (χ3v) is 2.89. The molecule has 100 valence electrons. The molecule has 0 saturated heterocycles. The Labute approximate surface area is 107 Å². The molecule has 3 N–H and O–H groups in total. The van der Waals surface area contributed by atoms with Gasteiger partial charge in [0, 0.05) is 12.1 Å². The van der Waals surface area contributed by atoms with E-state index in [9.17, 15) is 9.18 Å². The summed E-state index contributed by atoms with van der Waals surface area (Å²) in [6.45, 7) is 4.22. The van der Waals surface area contributed by atoms with Gasteiger partial charge in [0.2, 0.25) is 0 Å². The summed E-state index contributed by atoms with van der Waals surface area (Å²) in [6.07, 6.45) is 0. The van der Waals surface area contributed by atoms with Crippen LogP contribution in [-0.2, 0) is 11.3 Å². The molecule has 0 heterocycles. The molecule has 4 nitrogen and oxygen atoms in total. The lowest BCUT2D eigenvalue weighted by atomic mass is 10.0. The number of nitrogens with one attached hydrogen (secondary N) is 1. The minimum absolute atomic E-state index is 0.0883. The molecule has 0 aromatic heterocycles. The molecule has 0 saturated carbocycles. The number of nitrogens with zero attached hydrogens (tertiary/aromatic N) is 1. The standard InChI is InChI=1S/C13H20FN3O/c1-9(2)12(13(18)16-15)17(3)8-10-6-4-5-7-11(10)14/h4-7,9,12H,8,15H2,1-3H3,(H,16,18). The molecule has 0 bridgehead atoms. The highest BCUT2D eigenvalue weighted by atomic mass is 19.1. The van der Waals surface area contributed by atoms with Crippen LogP contribution in [0.5, 0.6) is 0 Å². The van der Waals surface area contributed by atoms with E-state index in [2.05, 4.69) is 5.43 Å². The zero-order chi connectivity index (χ0) is 13.7. The van der Waals surface area contributed by atoms with Crippen LogP contribution in [0.1, 0.15) is 19.4 Å². The SMILES string of the molecule is CC(C)C(C(=O)NN)N(C)Cc1ccccc1F. The fourth-order valence-corrected chi connectivity index (χ4v) is 2.09. The van der Waals surface area contributed by atoms with Crippen LogP contribution in [0.2, 0.25) is 0 Å². The van der Waals surface area contributed by atoms with E-state index in [4.69, 9.17) is 5.84 Å². The molecule has 5 heteroatoms. The minimum atomic E-state index is -0.380. The van der Waals surface area contributed by atoms with Gasteiger partial charge in [0.15, 0.2) is 0 Å². The number of hydrazine groups is 1. The van der Waals surface area contributed by atoms with Gasteiger partial charge in [-0.1, -0.05) is 32.0 Å². The molecular formula is C13H20FN3O. The maximum absolute atomic E-state index is 13.5. The van der Waals surface area contributed by atoms with Crippen molar-refractivity contribution in [3.05, 3.63) is 35.6 Å². The number of hydrogen-bond donors (Lipinski definition) is 2. The monoisotopic (exact) mass is 253 g/mol. The minimum Gasteiger partial charge on any atom is -0.293 e. The van der Waals surface area contributed by atoms with Crippen LogP contribution in [0.15, 0.2) is 24.3 Å². The van der Waals surface area contributed by atoms with Crippen molar-refractivity contribution in [1.29, 1.82) is 0 Å². The van der Waals surface area contributed by atoms with E-state index in [1.54, 1.807) is 30.1 Å². The number of amides is 1. The molecule has 1 amide bonds. The molecule has 1 atom stereocenters. The molecule has 0 radical (unpaired) electrons. The van der Waals surface area contributed by atoms with E-state index in [0.29, 0.717) is 12.1 Å². The Balaban J connectivity index is 2.82. The number of nitrogens with two attached hydrogens (primary N) is 1. The third-order valence-electron chi connectivity index (χ3n) is 2.89. The van der Waals surface area contributed by atoms with Crippen molar-refractivity contribution >= 4 is 5.91 Å². The molecule has 0 aliphatic carbocycles. The van der Waals surface area contributed by atoms with Crippen LogP contribution in [0, 0.1) is 11.7 Å². The van der Waals surface area contributed by atoms with Gasteiger partial charge in [0.05, 0.1) is 6.04 Å². The predicted molar refractivity (Wildman–Crippen MR) is 68.8 cm³/mol. The second-order valence-corrected chi connectivity index (χ2v) is 4.70. The highest BCUT2D eigenvalue weighted by Gasteiger charge is 2.26. The van der Waals surface area contributed by atoms with E-state index in [0.717, 1.165) is 0 Å². The van der Waals surface area contributed by atoms with Gasteiger partial charge in [0.1, 0.15) is 5.82 Å². The van der Waals surface area contributed by atoms with Gasteiger partial charge in [-0.2, -0.15) is 0 Å². The third kappa shape index (κ3) is 3.51. The maximum atomic E-state index is 13.5. The first kappa shape index (κ1) is 14.6. The zero-order valence-corrected chi connectivity index (χ0v) is 11.0. The molecule has 0 aliphatic heterocycles. The Morgan fingerprint density at radius 1 is 1.44 bits per heavy atom. The second kappa shape index (κ2) is 6.47. The average Bonchev–Trinajstić information content (AvgIpc) is 2.31. The highest BCUT2D eigenvalue weighted by molar-refractivity contribution is 5.81. The van der Waals surface area contributed by atoms with Gasteiger partial charge in [-0.25, -0.2) is 10.2 Å². The largest absolute Gasteiger partial charge is 0.293 e. The Hall–Kier alpha value is -1.46. The summed E-state index contributed by atoms with van der Waals surface area (Å²) >= 11 is 0. The Morgan fingerprint density at radius 3 is 2.56 bits per heavy atom. The van der Waals surface area contributed by atoms with E-state index >= 15 is 0 Å². The van der Waals surface area contributed by atoms with Crippen molar-refractivity contribution in [2.24, 2.45) is 11.8 Å². The molecule has 18 heavy (non-hydrogen) atoms. The fraction of sp³-hybridized carbons (Fsp3) is 0.462. The fourth-order valence-electron chi connectivity index (χ4n) is 2.09. The van der Waals surface area contributed by atoms with Gasteiger partial charge in [-0.3, -0.25) is 15.1 Å². The summed E-state index contributed by atoms with van der Waals surface area (Å²) in [6, 6.07) is 6.17. The maximum Gasteiger partial charge on any atom is 0.251 e. The molecular weight excluding hydrogens is 233 g/mol. The molecule has 0 spiro atoms. The lowest BCUT2D eigenvalue weighted by Crippen LogP contribution is -2.50. The summed E-state index contributed by atoms with van der Waals surface area (Å²) in [4.78, 5) is 13.5. The summed E-state index contributed by atoms with van der Waals surface area (Å²) in [5.41, 5.74) is 2.72. The zero-order valence-electron chi connectivity index (χ0n) is 11.0. The van der Waals surface area contributed by atoms with Crippen molar-refractivity contribution in [3.63, 3.8) is 0 Å². The normalized spacial score (nSPS) is 12.8. The number of benzene rings is 1.